The van der Waals surface area contributed by atoms with Gasteiger partial charge in [0.05, 0.1) is 6.42 Å². The topological polar surface area (TPSA) is 71.4 Å². The maximum absolute atomic E-state index is 12.1. The summed E-state index contributed by atoms with van der Waals surface area (Å²) in [5.74, 6) is -8.98. The molecule has 0 bridgehead atoms. The first-order chi connectivity index (χ1) is 6.35. The van der Waals surface area contributed by atoms with Gasteiger partial charge in [-0.25, -0.2) is 0 Å². The zero-order valence-electron chi connectivity index (χ0n) is 6.88. The number of halogens is 5. The van der Waals surface area contributed by atoms with Gasteiger partial charge in [-0.15, -0.1) is 0 Å². The van der Waals surface area contributed by atoms with Crippen molar-refractivity contribution >= 4 is 15.9 Å². The average Bonchev–Trinajstić information content (AvgIpc) is 1.75. The molecule has 0 saturated heterocycles. The molecule has 4 nitrogen and oxygen atoms in total. The number of alkyl halides is 5. The lowest BCUT2D eigenvalue weighted by Crippen LogP contribution is -2.39. The van der Waals surface area contributed by atoms with Crippen molar-refractivity contribution in [3.8, 4) is 0 Å². The van der Waals surface area contributed by atoms with Gasteiger partial charge in [0.25, 0.3) is 10.1 Å². The monoisotopic (exact) mass is 256 g/mol. The fourth-order valence-corrected chi connectivity index (χ4v) is 1.11. The van der Waals surface area contributed by atoms with Gasteiger partial charge >= 0.3 is 12.1 Å². The lowest BCUT2D eigenvalue weighted by atomic mass is 10.2. The van der Waals surface area contributed by atoms with Crippen LogP contribution in [0.5, 0.6) is 0 Å². The van der Waals surface area contributed by atoms with E-state index in [2.05, 4.69) is 0 Å². The molecule has 1 N–H and O–H groups in total. The van der Waals surface area contributed by atoms with Gasteiger partial charge < -0.3 is 0 Å². The van der Waals surface area contributed by atoms with Gasteiger partial charge in [0, 0.05) is 0 Å². The third kappa shape index (κ3) is 5.02. The van der Waals surface area contributed by atoms with Crippen molar-refractivity contribution in [3.05, 3.63) is 0 Å². The van der Waals surface area contributed by atoms with Crippen molar-refractivity contribution in [2.45, 2.75) is 18.5 Å². The number of carbonyl (C=O) groups is 1. The van der Waals surface area contributed by atoms with Crippen LogP contribution in [0.2, 0.25) is 0 Å². The Labute approximate surface area is 80.8 Å². The van der Waals surface area contributed by atoms with E-state index >= 15 is 0 Å². The Hall–Kier alpha value is -0.770. The highest BCUT2D eigenvalue weighted by atomic mass is 32.2. The predicted molar refractivity (Wildman–Crippen MR) is 37.0 cm³/mol. The molecule has 0 aromatic rings. The number of carbonyl (C=O) groups excluding carboxylic acids is 1. The van der Waals surface area contributed by atoms with E-state index in [0.717, 1.165) is 0 Å². The largest absolute Gasteiger partial charge is 0.453 e. The molecule has 0 aromatic carbocycles. The van der Waals surface area contributed by atoms with Gasteiger partial charge in [0.15, 0.2) is 5.78 Å². The third-order valence-corrected chi connectivity index (χ3v) is 1.86. The highest BCUT2D eigenvalue weighted by Gasteiger charge is 2.58. The van der Waals surface area contributed by atoms with Crippen molar-refractivity contribution in [1.29, 1.82) is 0 Å². The maximum Gasteiger partial charge on any atom is 0.453 e. The molecule has 90 valence electrons. The summed E-state index contributed by atoms with van der Waals surface area (Å²) in [4.78, 5) is 10.4. The van der Waals surface area contributed by atoms with Gasteiger partial charge in [-0.3, -0.25) is 9.35 Å². The average molecular weight is 256 g/mol. The van der Waals surface area contributed by atoms with Gasteiger partial charge in [0.1, 0.15) is 5.75 Å². The molecule has 15 heavy (non-hydrogen) atoms. The van der Waals surface area contributed by atoms with Crippen LogP contribution in [0.15, 0.2) is 0 Å². The summed E-state index contributed by atoms with van der Waals surface area (Å²) >= 11 is 0. The van der Waals surface area contributed by atoms with Crippen LogP contribution in [0.4, 0.5) is 22.0 Å². The minimum absolute atomic E-state index is 1.77. The van der Waals surface area contributed by atoms with Crippen molar-refractivity contribution in [1.82, 2.24) is 0 Å². The van der Waals surface area contributed by atoms with Crippen molar-refractivity contribution in [3.63, 3.8) is 0 Å². The second kappa shape index (κ2) is 4.00. The number of hydrogen-bond acceptors (Lipinski definition) is 3. The van der Waals surface area contributed by atoms with E-state index in [0.29, 0.717) is 0 Å². The minimum atomic E-state index is -5.93. The van der Waals surface area contributed by atoms with Gasteiger partial charge in [-0.1, -0.05) is 0 Å². The number of hydrogen-bond donors (Lipinski definition) is 1. The van der Waals surface area contributed by atoms with Crippen LogP contribution in [0, 0.1) is 0 Å². The molecular weight excluding hydrogens is 251 g/mol. The van der Waals surface area contributed by atoms with Crippen LogP contribution in [0.25, 0.3) is 0 Å². The molecule has 0 heterocycles. The van der Waals surface area contributed by atoms with E-state index < -0.39 is 40.2 Å². The number of ketones is 1. The highest BCUT2D eigenvalue weighted by Crippen LogP contribution is 2.38. The Morgan fingerprint density at radius 1 is 1.13 bits per heavy atom. The lowest BCUT2D eigenvalue weighted by molar-refractivity contribution is -0.281. The minimum Gasteiger partial charge on any atom is -0.298 e. The highest BCUT2D eigenvalue weighted by molar-refractivity contribution is 7.86. The molecular formula is C5H5F5O4S. The van der Waals surface area contributed by atoms with Gasteiger partial charge in [-0.05, 0) is 0 Å². The standard InChI is InChI=1S/C5H5F5O4S/c6-4(7,5(8,9)10)1-3(11)2-15(12,13)14/h1-2H2,(H,12,13,14). The van der Waals surface area contributed by atoms with E-state index in [1.54, 1.807) is 0 Å². The Balaban J connectivity index is 4.57. The van der Waals surface area contributed by atoms with Crippen LogP contribution < -0.4 is 0 Å². The summed E-state index contributed by atoms with van der Waals surface area (Å²) in [6.07, 6.45) is -8.24. The molecule has 0 aliphatic heterocycles. The first-order valence-corrected chi connectivity index (χ1v) is 4.87. The second-order valence-corrected chi connectivity index (χ2v) is 4.10. The molecule has 0 rings (SSSR count). The van der Waals surface area contributed by atoms with Crippen LogP contribution >= 0.6 is 0 Å². The molecule has 0 radical (unpaired) electrons. The molecule has 10 heteroatoms. The van der Waals surface area contributed by atoms with Gasteiger partial charge in [-0.2, -0.15) is 30.4 Å². The summed E-state index contributed by atoms with van der Waals surface area (Å²) in [6.45, 7) is 0. The molecule has 0 aliphatic rings. The summed E-state index contributed by atoms with van der Waals surface area (Å²) in [5.41, 5.74) is 0. The molecule has 0 fully saturated rings. The first kappa shape index (κ1) is 14.2. The Kier molecular flexibility index (Phi) is 3.80. The molecule has 0 unspecified atom stereocenters. The van der Waals surface area contributed by atoms with Crippen LogP contribution in [-0.4, -0.2) is 36.6 Å². The van der Waals surface area contributed by atoms with Crippen LogP contribution in [0.1, 0.15) is 6.42 Å². The third-order valence-electron chi connectivity index (χ3n) is 1.18. The van der Waals surface area contributed by atoms with E-state index in [-0.39, 0.29) is 0 Å². The Morgan fingerprint density at radius 3 is 1.80 bits per heavy atom. The number of rotatable bonds is 4. The molecule has 0 amide bonds. The SMILES string of the molecule is O=C(CC(F)(F)C(F)(F)F)CS(=O)(=O)O. The first-order valence-electron chi connectivity index (χ1n) is 3.26. The predicted octanol–water partition coefficient (Wildman–Crippen LogP) is 1.03. The molecule has 0 aromatic heterocycles. The molecule has 0 atom stereocenters. The smallest absolute Gasteiger partial charge is 0.298 e. The van der Waals surface area contributed by atoms with E-state index in [4.69, 9.17) is 4.55 Å². The fraction of sp³-hybridized carbons (Fsp3) is 0.800. The summed E-state index contributed by atoms with van der Waals surface area (Å²) in [5, 5.41) is 0. The van der Waals surface area contributed by atoms with Crippen molar-refractivity contribution in [2.24, 2.45) is 0 Å². The lowest BCUT2D eigenvalue weighted by Gasteiger charge is -2.18. The van der Waals surface area contributed by atoms with Crippen molar-refractivity contribution < 1.29 is 39.7 Å². The summed E-state index contributed by atoms with van der Waals surface area (Å²) in [6, 6.07) is 0. The van der Waals surface area contributed by atoms with E-state index in [1.165, 1.54) is 0 Å². The number of Topliss-reactive ketones (excluding diaryl/α,β-unsaturated/α-hetero) is 1. The molecule has 0 saturated carbocycles. The normalized spacial score (nSPS) is 14.0. The zero-order chi connectivity index (χ0) is 12.5. The second-order valence-electron chi connectivity index (χ2n) is 2.64. The van der Waals surface area contributed by atoms with E-state index in [1.807, 2.05) is 0 Å². The Morgan fingerprint density at radius 2 is 1.53 bits per heavy atom. The molecule has 0 spiro atoms. The maximum atomic E-state index is 12.1. The zero-order valence-corrected chi connectivity index (χ0v) is 7.70. The molecule has 0 aliphatic carbocycles. The Bertz CT molecular complexity index is 343. The summed E-state index contributed by atoms with van der Waals surface area (Å²) < 4.78 is 86.8. The van der Waals surface area contributed by atoms with Crippen LogP contribution in [-0.2, 0) is 14.9 Å². The summed E-state index contributed by atoms with van der Waals surface area (Å²) in [7, 11) is -4.89. The van der Waals surface area contributed by atoms with Crippen molar-refractivity contribution in [2.75, 3.05) is 5.75 Å². The fourth-order valence-electron chi connectivity index (χ4n) is 0.602. The van der Waals surface area contributed by atoms with E-state index in [9.17, 15) is 35.2 Å². The van der Waals surface area contributed by atoms with Crippen LogP contribution in [0.3, 0.4) is 0 Å². The quantitative estimate of drug-likeness (QED) is 0.602. The van der Waals surface area contributed by atoms with Gasteiger partial charge in [0.2, 0.25) is 0 Å².